The molecule has 2 aromatic rings. The normalized spacial score (nSPS) is 16.2. The number of rotatable bonds is 6. The maximum absolute atomic E-state index is 12.3. The number of likely N-dealkylation sites (N-methyl/N-ethyl adjacent to an activating group) is 1. The zero-order chi connectivity index (χ0) is 16.8. The summed E-state index contributed by atoms with van der Waals surface area (Å²) < 4.78 is 2.00. The van der Waals surface area contributed by atoms with Gasteiger partial charge in [0.1, 0.15) is 0 Å². The second-order valence-electron chi connectivity index (χ2n) is 6.40. The Bertz CT molecular complexity index is 645. The van der Waals surface area contributed by atoms with Gasteiger partial charge < -0.3 is 19.7 Å². The standard InChI is InChI=1S/C19H26N4O/c1-21-12-14-22(15-13-21)9-5-8-20-19(24)17-6-4-7-18(16-17)23-10-2-3-11-23/h2-4,6-7,10-11,16H,5,8-9,12-15H2,1H3,(H,20,24). The topological polar surface area (TPSA) is 40.5 Å². The van der Waals surface area contributed by atoms with E-state index in [0.717, 1.165) is 51.4 Å². The lowest BCUT2D eigenvalue weighted by atomic mass is 10.2. The third kappa shape index (κ3) is 4.46. The predicted octanol–water partition coefficient (Wildman–Crippen LogP) is 1.84. The highest BCUT2D eigenvalue weighted by molar-refractivity contribution is 5.94. The Balaban J connectivity index is 1.44. The molecule has 2 heterocycles. The number of carbonyl (C=O) groups excluding carboxylic acids is 1. The fraction of sp³-hybridized carbons (Fsp3) is 0.421. The fourth-order valence-electron chi connectivity index (χ4n) is 2.99. The Morgan fingerprint density at radius 1 is 1.08 bits per heavy atom. The fourth-order valence-corrected chi connectivity index (χ4v) is 2.99. The van der Waals surface area contributed by atoms with Crippen LogP contribution in [0, 0.1) is 0 Å². The molecule has 0 unspecified atom stereocenters. The molecule has 0 atom stereocenters. The molecule has 128 valence electrons. The predicted molar refractivity (Wildman–Crippen MR) is 96.7 cm³/mol. The Morgan fingerprint density at radius 3 is 2.58 bits per heavy atom. The van der Waals surface area contributed by atoms with Crippen molar-refractivity contribution in [3.05, 3.63) is 54.4 Å². The summed E-state index contributed by atoms with van der Waals surface area (Å²) in [5.74, 6) is 0.00221. The van der Waals surface area contributed by atoms with Crippen LogP contribution in [0.5, 0.6) is 0 Å². The van der Waals surface area contributed by atoms with E-state index in [1.54, 1.807) is 0 Å². The Labute approximate surface area is 143 Å². The summed E-state index contributed by atoms with van der Waals surface area (Å²) >= 11 is 0. The van der Waals surface area contributed by atoms with Crippen molar-refractivity contribution < 1.29 is 4.79 Å². The molecule has 1 aliphatic rings. The number of hydrogen-bond acceptors (Lipinski definition) is 3. The second kappa shape index (κ2) is 8.13. The maximum atomic E-state index is 12.3. The summed E-state index contributed by atoms with van der Waals surface area (Å²) in [5, 5.41) is 3.03. The molecule has 0 radical (unpaired) electrons. The first-order valence-corrected chi connectivity index (χ1v) is 8.65. The second-order valence-corrected chi connectivity index (χ2v) is 6.40. The summed E-state index contributed by atoms with van der Waals surface area (Å²) in [7, 11) is 2.17. The van der Waals surface area contributed by atoms with Crippen LogP contribution in [-0.2, 0) is 0 Å². The maximum Gasteiger partial charge on any atom is 0.251 e. The third-order valence-electron chi connectivity index (χ3n) is 4.54. The minimum atomic E-state index is 0.00221. The number of aromatic nitrogens is 1. The molecule has 1 aromatic carbocycles. The molecule has 0 bridgehead atoms. The van der Waals surface area contributed by atoms with Crippen LogP contribution in [0.1, 0.15) is 16.8 Å². The van der Waals surface area contributed by atoms with Crippen molar-refractivity contribution in [2.45, 2.75) is 6.42 Å². The van der Waals surface area contributed by atoms with Gasteiger partial charge in [0, 0.05) is 56.4 Å². The molecule has 1 amide bonds. The molecule has 0 spiro atoms. The third-order valence-corrected chi connectivity index (χ3v) is 4.54. The van der Waals surface area contributed by atoms with Gasteiger partial charge in [-0.25, -0.2) is 0 Å². The summed E-state index contributed by atoms with van der Waals surface area (Å²) in [6, 6.07) is 11.7. The van der Waals surface area contributed by atoms with Crippen LogP contribution in [0.4, 0.5) is 0 Å². The van der Waals surface area contributed by atoms with Crippen molar-refractivity contribution in [3.63, 3.8) is 0 Å². The lowest BCUT2D eigenvalue weighted by Crippen LogP contribution is -2.45. The van der Waals surface area contributed by atoms with Crippen molar-refractivity contribution in [1.82, 2.24) is 19.7 Å². The summed E-state index contributed by atoms with van der Waals surface area (Å²) in [4.78, 5) is 17.1. The number of hydrogen-bond donors (Lipinski definition) is 1. The molecule has 24 heavy (non-hydrogen) atoms. The van der Waals surface area contributed by atoms with Gasteiger partial charge in [-0.2, -0.15) is 0 Å². The highest BCUT2D eigenvalue weighted by atomic mass is 16.1. The molecule has 5 nitrogen and oxygen atoms in total. The van der Waals surface area contributed by atoms with E-state index in [4.69, 9.17) is 0 Å². The Hall–Kier alpha value is -2.11. The molecule has 5 heteroatoms. The van der Waals surface area contributed by atoms with Crippen LogP contribution in [0.3, 0.4) is 0 Å². The Morgan fingerprint density at radius 2 is 1.83 bits per heavy atom. The smallest absolute Gasteiger partial charge is 0.251 e. The van der Waals surface area contributed by atoms with E-state index in [1.165, 1.54) is 0 Å². The molecule has 3 rings (SSSR count). The number of carbonyl (C=O) groups is 1. The van der Waals surface area contributed by atoms with E-state index < -0.39 is 0 Å². The number of piperazine rings is 1. The highest BCUT2D eigenvalue weighted by Gasteiger charge is 2.13. The van der Waals surface area contributed by atoms with Crippen molar-refractivity contribution in [3.8, 4) is 5.69 Å². The molecule has 1 N–H and O–H groups in total. The van der Waals surface area contributed by atoms with E-state index in [-0.39, 0.29) is 5.91 Å². The minimum absolute atomic E-state index is 0.00221. The molecular weight excluding hydrogens is 300 g/mol. The lowest BCUT2D eigenvalue weighted by Gasteiger charge is -2.32. The molecular formula is C19H26N4O. The van der Waals surface area contributed by atoms with Crippen LogP contribution < -0.4 is 5.32 Å². The van der Waals surface area contributed by atoms with Crippen molar-refractivity contribution in [2.24, 2.45) is 0 Å². The number of amides is 1. The van der Waals surface area contributed by atoms with Gasteiger partial charge in [-0.15, -0.1) is 0 Å². The summed E-state index contributed by atoms with van der Waals surface area (Å²) in [6.07, 6.45) is 4.95. The average molecular weight is 326 g/mol. The largest absolute Gasteiger partial charge is 0.352 e. The zero-order valence-corrected chi connectivity index (χ0v) is 14.3. The highest BCUT2D eigenvalue weighted by Crippen LogP contribution is 2.11. The van der Waals surface area contributed by atoms with Crippen molar-refractivity contribution >= 4 is 5.91 Å². The van der Waals surface area contributed by atoms with Gasteiger partial charge in [0.2, 0.25) is 0 Å². The number of nitrogens with one attached hydrogen (secondary N) is 1. The molecule has 1 fully saturated rings. The van der Waals surface area contributed by atoms with Crippen molar-refractivity contribution in [1.29, 1.82) is 0 Å². The van der Waals surface area contributed by atoms with E-state index in [0.29, 0.717) is 5.56 Å². The lowest BCUT2D eigenvalue weighted by molar-refractivity contribution is 0.0949. The monoisotopic (exact) mass is 326 g/mol. The number of benzene rings is 1. The van der Waals surface area contributed by atoms with Crippen LogP contribution in [0.15, 0.2) is 48.8 Å². The van der Waals surface area contributed by atoms with Crippen LogP contribution >= 0.6 is 0 Å². The average Bonchev–Trinajstić information content (AvgIpc) is 3.15. The van der Waals surface area contributed by atoms with Crippen LogP contribution in [-0.4, -0.2) is 66.6 Å². The molecule has 1 aliphatic heterocycles. The van der Waals surface area contributed by atoms with Gasteiger partial charge in [0.05, 0.1) is 0 Å². The van der Waals surface area contributed by atoms with Gasteiger partial charge in [0.15, 0.2) is 0 Å². The molecule has 1 aromatic heterocycles. The zero-order valence-electron chi connectivity index (χ0n) is 14.3. The molecule has 0 saturated carbocycles. The SMILES string of the molecule is CN1CCN(CCCNC(=O)c2cccc(-n3cccc3)c2)CC1. The van der Waals surface area contributed by atoms with Crippen molar-refractivity contribution in [2.75, 3.05) is 46.3 Å². The van der Waals surface area contributed by atoms with Gasteiger partial charge >= 0.3 is 0 Å². The first-order valence-electron chi connectivity index (χ1n) is 8.65. The Kier molecular flexibility index (Phi) is 5.67. The quantitative estimate of drug-likeness (QED) is 0.824. The minimum Gasteiger partial charge on any atom is -0.352 e. The van der Waals surface area contributed by atoms with E-state index in [1.807, 2.05) is 53.4 Å². The van der Waals surface area contributed by atoms with Gasteiger partial charge in [-0.3, -0.25) is 4.79 Å². The first kappa shape index (κ1) is 16.7. The summed E-state index contributed by atoms with van der Waals surface area (Å²) in [5.41, 5.74) is 1.71. The van der Waals surface area contributed by atoms with Crippen LogP contribution in [0.2, 0.25) is 0 Å². The van der Waals surface area contributed by atoms with E-state index in [2.05, 4.69) is 22.2 Å². The first-order chi connectivity index (χ1) is 11.7. The van der Waals surface area contributed by atoms with E-state index >= 15 is 0 Å². The van der Waals surface area contributed by atoms with Crippen LogP contribution in [0.25, 0.3) is 5.69 Å². The molecule has 1 saturated heterocycles. The summed E-state index contributed by atoms with van der Waals surface area (Å²) in [6.45, 7) is 6.31. The van der Waals surface area contributed by atoms with Gasteiger partial charge in [-0.1, -0.05) is 6.07 Å². The van der Waals surface area contributed by atoms with E-state index in [9.17, 15) is 4.79 Å². The molecule has 0 aliphatic carbocycles. The number of nitrogens with zero attached hydrogens (tertiary/aromatic N) is 3. The van der Waals surface area contributed by atoms with Gasteiger partial charge in [0.25, 0.3) is 5.91 Å². The van der Waals surface area contributed by atoms with Gasteiger partial charge in [-0.05, 0) is 50.3 Å².